The lowest BCUT2D eigenvalue weighted by Crippen LogP contribution is -2.33. The van der Waals surface area contributed by atoms with Gasteiger partial charge in [-0.15, -0.1) is 23.4 Å². The first kappa shape index (κ1) is 14.7. The van der Waals surface area contributed by atoms with Gasteiger partial charge in [0, 0.05) is 16.8 Å². The average molecular weight is 298 g/mol. The molecule has 0 heterocycles. The minimum atomic E-state index is 0.116. The van der Waals surface area contributed by atoms with Crippen LogP contribution in [0.2, 0.25) is 0 Å². The predicted octanol–water partition coefficient (Wildman–Crippen LogP) is 3.69. The van der Waals surface area contributed by atoms with Crippen LogP contribution in [0.3, 0.4) is 0 Å². The molecule has 104 valence electrons. The van der Waals surface area contributed by atoms with E-state index < -0.39 is 0 Å². The smallest absolute Gasteiger partial charge is 0.230 e. The molecule has 2 atom stereocenters. The van der Waals surface area contributed by atoms with E-state index >= 15 is 0 Å². The fraction of sp³-hybridized carbons (Fsp3) is 0.533. The number of alkyl halides is 1. The third-order valence-electron chi connectivity index (χ3n) is 3.42. The molecule has 1 aromatic carbocycles. The quantitative estimate of drug-likeness (QED) is 0.663. The molecule has 2 unspecified atom stereocenters. The third kappa shape index (κ3) is 5.45. The van der Waals surface area contributed by atoms with E-state index in [-0.39, 0.29) is 5.91 Å². The van der Waals surface area contributed by atoms with Gasteiger partial charge in [0.25, 0.3) is 0 Å². The number of hydrogen-bond donors (Lipinski definition) is 1. The maximum absolute atomic E-state index is 11.8. The maximum Gasteiger partial charge on any atom is 0.230 e. The molecule has 0 aliphatic heterocycles. The number of thioether (sulfide) groups is 1. The van der Waals surface area contributed by atoms with Crippen LogP contribution in [0.15, 0.2) is 35.2 Å². The summed E-state index contributed by atoms with van der Waals surface area (Å²) in [5.41, 5.74) is 0. The number of benzene rings is 1. The summed E-state index contributed by atoms with van der Waals surface area (Å²) in [4.78, 5) is 12.9. The molecular formula is C15H20ClNOS. The third-order valence-corrected chi connectivity index (χ3v) is 4.83. The second-order valence-electron chi connectivity index (χ2n) is 5.04. The summed E-state index contributed by atoms with van der Waals surface area (Å²) in [6, 6.07) is 10.0. The van der Waals surface area contributed by atoms with Crippen molar-refractivity contribution in [3.63, 3.8) is 0 Å². The molecule has 1 saturated carbocycles. The van der Waals surface area contributed by atoms with Gasteiger partial charge in [0.15, 0.2) is 0 Å². The van der Waals surface area contributed by atoms with Gasteiger partial charge in [-0.3, -0.25) is 4.79 Å². The summed E-state index contributed by atoms with van der Waals surface area (Å²) in [6.45, 7) is 0.775. The monoisotopic (exact) mass is 297 g/mol. The van der Waals surface area contributed by atoms with Crippen LogP contribution in [0, 0.1) is 5.92 Å². The molecular weight excluding hydrogens is 278 g/mol. The van der Waals surface area contributed by atoms with Crippen molar-refractivity contribution in [3.05, 3.63) is 30.3 Å². The molecule has 19 heavy (non-hydrogen) atoms. The zero-order chi connectivity index (χ0) is 13.5. The molecule has 0 saturated heterocycles. The highest BCUT2D eigenvalue weighted by atomic mass is 35.5. The second kappa shape index (κ2) is 7.81. The van der Waals surface area contributed by atoms with E-state index in [0.29, 0.717) is 17.0 Å². The van der Waals surface area contributed by atoms with Crippen molar-refractivity contribution in [1.29, 1.82) is 0 Å². The van der Waals surface area contributed by atoms with Crippen LogP contribution in [0.1, 0.15) is 25.7 Å². The molecule has 1 aliphatic rings. The molecule has 0 aromatic heterocycles. The number of amides is 1. The molecule has 2 nitrogen and oxygen atoms in total. The molecule has 1 amide bonds. The normalized spacial score (nSPS) is 23.0. The van der Waals surface area contributed by atoms with Crippen LogP contribution in [0.25, 0.3) is 0 Å². The highest BCUT2D eigenvalue weighted by Gasteiger charge is 2.20. The second-order valence-corrected chi connectivity index (χ2v) is 6.70. The Morgan fingerprint density at radius 3 is 2.84 bits per heavy atom. The molecule has 1 N–H and O–H groups in total. The lowest BCUT2D eigenvalue weighted by molar-refractivity contribution is -0.118. The van der Waals surface area contributed by atoms with Crippen molar-refractivity contribution in [2.24, 2.45) is 5.92 Å². The summed E-state index contributed by atoms with van der Waals surface area (Å²) in [6.07, 6.45) is 4.53. The number of carbonyl (C=O) groups is 1. The minimum Gasteiger partial charge on any atom is -0.355 e. The fourth-order valence-electron chi connectivity index (χ4n) is 2.39. The molecule has 0 spiro atoms. The Hall–Kier alpha value is -0.670. The predicted molar refractivity (Wildman–Crippen MR) is 81.8 cm³/mol. The van der Waals surface area contributed by atoms with E-state index in [1.165, 1.54) is 12.8 Å². The summed E-state index contributed by atoms with van der Waals surface area (Å²) in [5, 5.41) is 3.33. The Morgan fingerprint density at radius 2 is 2.11 bits per heavy atom. The average Bonchev–Trinajstić information content (AvgIpc) is 2.44. The van der Waals surface area contributed by atoms with Gasteiger partial charge < -0.3 is 5.32 Å². The Balaban J connectivity index is 1.64. The first-order valence-corrected chi connectivity index (χ1v) is 8.25. The Bertz CT molecular complexity index is 398. The summed E-state index contributed by atoms with van der Waals surface area (Å²) >= 11 is 7.73. The zero-order valence-electron chi connectivity index (χ0n) is 11.0. The molecule has 0 radical (unpaired) electrons. The fourth-order valence-corrected chi connectivity index (χ4v) is 3.54. The highest BCUT2D eigenvalue weighted by Crippen LogP contribution is 2.27. The van der Waals surface area contributed by atoms with Gasteiger partial charge >= 0.3 is 0 Å². The molecule has 4 heteroatoms. The van der Waals surface area contributed by atoms with Crippen molar-refractivity contribution in [2.75, 3.05) is 12.3 Å². The molecule has 1 aromatic rings. The van der Waals surface area contributed by atoms with Gasteiger partial charge in [-0.25, -0.2) is 0 Å². The SMILES string of the molecule is O=C(CSc1ccccc1)NCC1CCCC(Cl)C1. The molecule has 0 bridgehead atoms. The van der Waals surface area contributed by atoms with E-state index in [0.717, 1.165) is 24.3 Å². The van der Waals surface area contributed by atoms with Gasteiger partial charge in [0.1, 0.15) is 0 Å². The van der Waals surface area contributed by atoms with Crippen molar-refractivity contribution in [3.8, 4) is 0 Å². The van der Waals surface area contributed by atoms with Gasteiger partial charge in [0.05, 0.1) is 5.75 Å². The van der Waals surface area contributed by atoms with Crippen LogP contribution in [-0.4, -0.2) is 23.6 Å². The van der Waals surface area contributed by atoms with Crippen molar-refractivity contribution >= 4 is 29.3 Å². The number of rotatable bonds is 5. The van der Waals surface area contributed by atoms with Gasteiger partial charge in [0.2, 0.25) is 5.91 Å². The Labute approximate surface area is 124 Å². The number of carbonyl (C=O) groups excluding carboxylic acids is 1. The van der Waals surface area contributed by atoms with Crippen molar-refractivity contribution < 1.29 is 4.79 Å². The van der Waals surface area contributed by atoms with E-state index in [1.54, 1.807) is 11.8 Å². The summed E-state index contributed by atoms with van der Waals surface area (Å²) in [7, 11) is 0. The maximum atomic E-state index is 11.8. The van der Waals surface area contributed by atoms with Crippen LogP contribution in [-0.2, 0) is 4.79 Å². The van der Waals surface area contributed by atoms with Crippen LogP contribution >= 0.6 is 23.4 Å². The van der Waals surface area contributed by atoms with Gasteiger partial charge in [-0.05, 0) is 37.3 Å². The zero-order valence-corrected chi connectivity index (χ0v) is 12.6. The molecule has 1 aliphatic carbocycles. The number of halogens is 1. The minimum absolute atomic E-state index is 0.116. The lowest BCUT2D eigenvalue weighted by Gasteiger charge is -2.25. The van der Waals surface area contributed by atoms with Gasteiger partial charge in [-0.2, -0.15) is 0 Å². The molecule has 1 fully saturated rings. The Morgan fingerprint density at radius 1 is 1.32 bits per heavy atom. The first-order valence-electron chi connectivity index (χ1n) is 6.82. The van der Waals surface area contributed by atoms with E-state index in [2.05, 4.69) is 5.32 Å². The summed E-state index contributed by atoms with van der Waals surface area (Å²) in [5.74, 6) is 1.16. The highest BCUT2D eigenvalue weighted by molar-refractivity contribution is 8.00. The first-order chi connectivity index (χ1) is 9.24. The number of nitrogens with one attached hydrogen (secondary N) is 1. The topological polar surface area (TPSA) is 29.1 Å². The molecule has 2 rings (SSSR count). The van der Waals surface area contributed by atoms with E-state index in [4.69, 9.17) is 11.6 Å². The van der Waals surface area contributed by atoms with Crippen LogP contribution in [0.5, 0.6) is 0 Å². The lowest BCUT2D eigenvalue weighted by atomic mass is 9.89. The van der Waals surface area contributed by atoms with E-state index in [1.807, 2.05) is 30.3 Å². The summed E-state index contributed by atoms with van der Waals surface area (Å²) < 4.78 is 0. The largest absolute Gasteiger partial charge is 0.355 e. The van der Waals surface area contributed by atoms with Crippen LogP contribution in [0.4, 0.5) is 0 Å². The van der Waals surface area contributed by atoms with Crippen molar-refractivity contribution in [2.45, 2.75) is 36.0 Å². The van der Waals surface area contributed by atoms with Gasteiger partial charge in [-0.1, -0.05) is 24.6 Å². The Kier molecular flexibility index (Phi) is 6.05. The van der Waals surface area contributed by atoms with Crippen molar-refractivity contribution in [1.82, 2.24) is 5.32 Å². The van der Waals surface area contributed by atoms with E-state index in [9.17, 15) is 4.79 Å². The standard InChI is InChI=1S/C15H20ClNOS/c16-13-6-4-5-12(9-13)10-17-15(18)11-19-14-7-2-1-3-8-14/h1-3,7-8,12-13H,4-6,9-11H2,(H,17,18). The van der Waals surface area contributed by atoms with Crippen LogP contribution < -0.4 is 5.32 Å². The number of hydrogen-bond acceptors (Lipinski definition) is 2.